The second kappa shape index (κ2) is 3.38. The van der Waals surface area contributed by atoms with Gasteiger partial charge in [0.05, 0.1) is 11.8 Å². The molecule has 0 saturated carbocycles. The maximum atomic E-state index is 8.81. The van der Waals surface area contributed by atoms with E-state index in [9.17, 15) is 0 Å². The van der Waals surface area contributed by atoms with E-state index in [1.807, 2.05) is 0 Å². The van der Waals surface area contributed by atoms with E-state index in [1.54, 1.807) is 20.0 Å². The molecule has 0 heterocycles. The van der Waals surface area contributed by atoms with Gasteiger partial charge in [0.1, 0.15) is 0 Å². The smallest absolute Gasteiger partial charge is 0.0926 e. The van der Waals surface area contributed by atoms with Gasteiger partial charge in [-0.1, -0.05) is 6.58 Å². The zero-order valence-corrected chi connectivity index (χ0v) is 5.26. The van der Waals surface area contributed by atoms with Crippen molar-refractivity contribution >= 4 is 5.71 Å². The van der Waals surface area contributed by atoms with Crippen LogP contribution < -0.4 is 0 Å². The van der Waals surface area contributed by atoms with E-state index in [-0.39, 0.29) is 0 Å². The molecule has 8 heavy (non-hydrogen) atoms. The molecule has 0 radical (unpaired) electrons. The van der Waals surface area contributed by atoms with E-state index in [1.165, 1.54) is 0 Å². The maximum Gasteiger partial charge on any atom is 0.0926 e. The van der Waals surface area contributed by atoms with Crippen molar-refractivity contribution in [1.82, 2.24) is 0 Å². The predicted octanol–water partition coefficient (Wildman–Crippen LogP) is 0.624. The van der Waals surface area contributed by atoms with Crippen molar-refractivity contribution in [2.45, 2.75) is 13.0 Å². The molecule has 0 aliphatic carbocycles. The van der Waals surface area contributed by atoms with Crippen molar-refractivity contribution in [3.8, 4) is 0 Å². The number of nitrogens with zero attached hydrogens (tertiary/aromatic N) is 1. The van der Waals surface area contributed by atoms with Gasteiger partial charge >= 0.3 is 0 Å². The average Bonchev–Trinajstić information content (AvgIpc) is 1.69. The number of aliphatic imine (C=N–C) groups is 1. The lowest BCUT2D eigenvalue weighted by Gasteiger charge is -1.99. The van der Waals surface area contributed by atoms with E-state index < -0.39 is 6.10 Å². The molecule has 0 aliphatic rings. The highest BCUT2D eigenvalue weighted by atomic mass is 16.3. The molecule has 1 atom stereocenters. The zero-order chi connectivity index (χ0) is 6.57. The molecule has 0 aromatic carbocycles. The molecule has 2 nitrogen and oxygen atoms in total. The van der Waals surface area contributed by atoms with Crippen LogP contribution in [0.15, 0.2) is 17.6 Å². The fraction of sp³-hybridized carbons (Fsp3) is 0.500. The molecular weight excluding hydrogens is 102 g/mol. The minimum Gasteiger partial charge on any atom is -0.387 e. The summed E-state index contributed by atoms with van der Waals surface area (Å²) in [6.45, 7) is 5.12. The van der Waals surface area contributed by atoms with Gasteiger partial charge in [0.2, 0.25) is 0 Å². The first-order chi connectivity index (χ1) is 3.72. The molecule has 1 N–H and O–H groups in total. The number of hydrogen-bond donors (Lipinski definition) is 1. The SMILES string of the molecule is C=CC(=NC)C(C)O. The van der Waals surface area contributed by atoms with Gasteiger partial charge in [-0.2, -0.15) is 0 Å². The summed E-state index contributed by atoms with van der Waals surface area (Å²) in [6.07, 6.45) is 1.06. The first kappa shape index (κ1) is 7.37. The Morgan fingerprint density at radius 1 is 1.88 bits per heavy atom. The summed E-state index contributed by atoms with van der Waals surface area (Å²) in [6, 6.07) is 0. The molecule has 0 fully saturated rings. The van der Waals surface area contributed by atoms with Crippen LogP contribution in [0.25, 0.3) is 0 Å². The highest BCUT2D eigenvalue weighted by Crippen LogP contribution is 1.86. The Labute approximate surface area is 49.6 Å². The summed E-state index contributed by atoms with van der Waals surface area (Å²) in [4.78, 5) is 3.75. The third kappa shape index (κ3) is 1.89. The van der Waals surface area contributed by atoms with Gasteiger partial charge in [0.15, 0.2) is 0 Å². The topological polar surface area (TPSA) is 32.6 Å². The van der Waals surface area contributed by atoms with E-state index in [2.05, 4.69) is 11.6 Å². The third-order valence-electron chi connectivity index (χ3n) is 0.895. The first-order valence-electron chi connectivity index (χ1n) is 2.49. The molecule has 0 aliphatic heterocycles. The van der Waals surface area contributed by atoms with Crippen LogP contribution in [0.5, 0.6) is 0 Å². The maximum absolute atomic E-state index is 8.81. The number of hydrogen-bond acceptors (Lipinski definition) is 2. The molecule has 0 rings (SSSR count). The summed E-state index contributed by atoms with van der Waals surface area (Å²) in [7, 11) is 1.63. The standard InChI is InChI=1S/C6H11NO/c1-4-6(7-3)5(2)8/h4-5,8H,1H2,2-3H3. The van der Waals surface area contributed by atoms with E-state index in [0.717, 1.165) is 0 Å². The fourth-order valence-corrected chi connectivity index (χ4v) is 0.449. The lowest BCUT2D eigenvalue weighted by Crippen LogP contribution is -2.12. The molecule has 0 aromatic heterocycles. The van der Waals surface area contributed by atoms with E-state index >= 15 is 0 Å². The Morgan fingerprint density at radius 3 is 2.38 bits per heavy atom. The minimum absolute atomic E-state index is 0.488. The number of rotatable bonds is 2. The molecule has 46 valence electrons. The van der Waals surface area contributed by atoms with Gasteiger partial charge in [-0.3, -0.25) is 4.99 Å². The second-order valence-corrected chi connectivity index (χ2v) is 1.53. The van der Waals surface area contributed by atoms with Gasteiger partial charge in [0.25, 0.3) is 0 Å². The molecule has 0 bridgehead atoms. The molecular formula is C6H11NO. The highest BCUT2D eigenvalue weighted by molar-refractivity contribution is 5.97. The Hall–Kier alpha value is -0.630. The average molecular weight is 113 g/mol. The van der Waals surface area contributed by atoms with Crippen LogP contribution in [0.2, 0.25) is 0 Å². The van der Waals surface area contributed by atoms with Crippen LogP contribution in [0.1, 0.15) is 6.92 Å². The molecule has 2 heteroatoms. The summed E-state index contributed by atoms with van der Waals surface area (Å²) in [5, 5.41) is 8.81. The normalized spacial score (nSPS) is 15.6. The van der Waals surface area contributed by atoms with Crippen LogP contribution in [-0.2, 0) is 0 Å². The Kier molecular flexibility index (Phi) is 3.12. The predicted molar refractivity (Wildman–Crippen MR) is 35.2 cm³/mol. The summed E-state index contributed by atoms with van der Waals surface area (Å²) < 4.78 is 0. The van der Waals surface area contributed by atoms with Crippen molar-refractivity contribution in [3.63, 3.8) is 0 Å². The number of aliphatic hydroxyl groups excluding tert-OH is 1. The van der Waals surface area contributed by atoms with Crippen molar-refractivity contribution in [1.29, 1.82) is 0 Å². The summed E-state index contributed by atoms with van der Waals surface area (Å²) in [5.74, 6) is 0. The third-order valence-corrected chi connectivity index (χ3v) is 0.895. The Morgan fingerprint density at radius 2 is 2.38 bits per heavy atom. The van der Waals surface area contributed by atoms with Crippen molar-refractivity contribution in [3.05, 3.63) is 12.7 Å². The number of aliphatic hydroxyl groups is 1. The minimum atomic E-state index is -0.488. The van der Waals surface area contributed by atoms with Crippen LogP contribution in [0, 0.1) is 0 Å². The molecule has 1 unspecified atom stereocenters. The van der Waals surface area contributed by atoms with Crippen LogP contribution >= 0.6 is 0 Å². The van der Waals surface area contributed by atoms with Gasteiger partial charge in [0, 0.05) is 7.05 Å². The first-order valence-corrected chi connectivity index (χ1v) is 2.49. The van der Waals surface area contributed by atoms with Gasteiger partial charge in [-0.15, -0.1) is 0 Å². The van der Waals surface area contributed by atoms with Crippen LogP contribution in [0.3, 0.4) is 0 Å². The largest absolute Gasteiger partial charge is 0.387 e. The summed E-state index contributed by atoms with van der Waals surface area (Å²) in [5.41, 5.74) is 0.630. The lowest BCUT2D eigenvalue weighted by atomic mass is 10.2. The van der Waals surface area contributed by atoms with Crippen LogP contribution in [-0.4, -0.2) is 24.0 Å². The molecule has 0 aromatic rings. The molecule has 0 saturated heterocycles. The van der Waals surface area contributed by atoms with Gasteiger partial charge < -0.3 is 5.11 Å². The summed E-state index contributed by atoms with van der Waals surface area (Å²) >= 11 is 0. The molecule has 0 amide bonds. The Balaban J connectivity index is 3.91. The second-order valence-electron chi connectivity index (χ2n) is 1.53. The van der Waals surface area contributed by atoms with E-state index in [0.29, 0.717) is 5.71 Å². The van der Waals surface area contributed by atoms with Gasteiger partial charge in [-0.25, -0.2) is 0 Å². The van der Waals surface area contributed by atoms with Crippen LogP contribution in [0.4, 0.5) is 0 Å². The van der Waals surface area contributed by atoms with Crippen molar-refractivity contribution in [2.75, 3.05) is 7.05 Å². The van der Waals surface area contributed by atoms with Crippen molar-refractivity contribution < 1.29 is 5.11 Å². The quantitative estimate of drug-likeness (QED) is 0.523. The van der Waals surface area contributed by atoms with E-state index in [4.69, 9.17) is 5.11 Å². The highest BCUT2D eigenvalue weighted by Gasteiger charge is 1.97. The molecule has 0 spiro atoms. The van der Waals surface area contributed by atoms with Gasteiger partial charge in [-0.05, 0) is 13.0 Å². The monoisotopic (exact) mass is 113 g/mol. The Bertz CT molecular complexity index is 105. The fourth-order valence-electron chi connectivity index (χ4n) is 0.449. The zero-order valence-electron chi connectivity index (χ0n) is 5.26. The van der Waals surface area contributed by atoms with Crippen molar-refractivity contribution in [2.24, 2.45) is 4.99 Å². The lowest BCUT2D eigenvalue weighted by molar-refractivity contribution is 0.263.